The molecular weight excluding hydrogens is 247 g/mol. The smallest absolute Gasteiger partial charge is 0.127 e. The first kappa shape index (κ1) is 13.8. The SMILES string of the molecule is CC1SCCN(Cc2ccc(F)c(CN)c2)C1C. The van der Waals surface area contributed by atoms with Crippen molar-refractivity contribution in [2.45, 2.75) is 38.2 Å². The average molecular weight is 268 g/mol. The van der Waals surface area contributed by atoms with Gasteiger partial charge in [-0.25, -0.2) is 4.39 Å². The van der Waals surface area contributed by atoms with Crippen molar-refractivity contribution >= 4 is 11.8 Å². The molecule has 1 aliphatic rings. The highest BCUT2D eigenvalue weighted by Crippen LogP contribution is 2.25. The van der Waals surface area contributed by atoms with Gasteiger partial charge in [0.05, 0.1) is 0 Å². The average Bonchev–Trinajstić information content (AvgIpc) is 2.37. The molecule has 2 nitrogen and oxygen atoms in total. The zero-order valence-electron chi connectivity index (χ0n) is 11.0. The van der Waals surface area contributed by atoms with Crippen molar-refractivity contribution in [3.05, 3.63) is 35.1 Å². The third-order valence-corrected chi connectivity index (χ3v) is 5.07. The Kier molecular flexibility index (Phi) is 4.65. The van der Waals surface area contributed by atoms with Crippen LogP contribution in [0.25, 0.3) is 0 Å². The van der Waals surface area contributed by atoms with E-state index in [-0.39, 0.29) is 12.4 Å². The second-order valence-corrected chi connectivity index (χ2v) is 6.40. The molecule has 0 spiro atoms. The fourth-order valence-corrected chi connectivity index (χ4v) is 3.50. The van der Waals surface area contributed by atoms with Gasteiger partial charge in [0.15, 0.2) is 0 Å². The summed E-state index contributed by atoms with van der Waals surface area (Å²) in [6.07, 6.45) is 0. The topological polar surface area (TPSA) is 29.3 Å². The van der Waals surface area contributed by atoms with Gasteiger partial charge in [0.1, 0.15) is 5.82 Å². The van der Waals surface area contributed by atoms with Crippen molar-refractivity contribution in [1.29, 1.82) is 0 Å². The minimum absolute atomic E-state index is 0.197. The Labute approximate surface area is 113 Å². The quantitative estimate of drug-likeness (QED) is 0.913. The second kappa shape index (κ2) is 6.04. The molecule has 1 aromatic rings. The Hall–Kier alpha value is -0.580. The van der Waals surface area contributed by atoms with Gasteiger partial charge in [0, 0.05) is 42.2 Å². The number of benzene rings is 1. The zero-order chi connectivity index (χ0) is 13.1. The van der Waals surface area contributed by atoms with E-state index in [0.29, 0.717) is 16.9 Å². The van der Waals surface area contributed by atoms with E-state index in [1.807, 2.05) is 23.9 Å². The first-order chi connectivity index (χ1) is 8.61. The maximum Gasteiger partial charge on any atom is 0.127 e. The Bertz CT molecular complexity index is 411. The van der Waals surface area contributed by atoms with Gasteiger partial charge >= 0.3 is 0 Å². The van der Waals surface area contributed by atoms with Crippen molar-refractivity contribution in [3.63, 3.8) is 0 Å². The molecule has 1 aromatic carbocycles. The highest BCUT2D eigenvalue weighted by molar-refractivity contribution is 8.00. The summed E-state index contributed by atoms with van der Waals surface area (Å²) >= 11 is 2.03. The van der Waals surface area contributed by atoms with Crippen LogP contribution in [0.1, 0.15) is 25.0 Å². The maximum atomic E-state index is 13.4. The summed E-state index contributed by atoms with van der Waals surface area (Å²) in [6, 6.07) is 5.86. The lowest BCUT2D eigenvalue weighted by Gasteiger charge is -2.37. The lowest BCUT2D eigenvalue weighted by molar-refractivity contribution is 0.204. The predicted octanol–water partition coefficient (Wildman–Crippen LogP) is 2.61. The summed E-state index contributed by atoms with van der Waals surface area (Å²) in [5.74, 6) is 0.980. The van der Waals surface area contributed by atoms with Crippen LogP contribution in [0.15, 0.2) is 18.2 Å². The molecule has 18 heavy (non-hydrogen) atoms. The standard InChI is InChI=1S/C14H21FN2S/c1-10-11(2)18-6-5-17(10)9-12-3-4-14(15)13(7-12)8-16/h3-4,7,10-11H,5-6,8-9,16H2,1-2H3. The second-order valence-electron chi connectivity index (χ2n) is 4.92. The summed E-state index contributed by atoms with van der Waals surface area (Å²) < 4.78 is 13.4. The third kappa shape index (κ3) is 3.05. The van der Waals surface area contributed by atoms with Gasteiger partial charge < -0.3 is 5.73 Å². The molecule has 0 saturated carbocycles. The molecule has 0 aromatic heterocycles. The molecule has 0 radical (unpaired) electrons. The highest BCUT2D eigenvalue weighted by atomic mass is 32.2. The summed E-state index contributed by atoms with van der Waals surface area (Å²) in [4.78, 5) is 2.47. The minimum Gasteiger partial charge on any atom is -0.326 e. The molecule has 1 aliphatic heterocycles. The van der Waals surface area contributed by atoms with Gasteiger partial charge in [0.25, 0.3) is 0 Å². The van der Waals surface area contributed by atoms with Crippen LogP contribution in [0.2, 0.25) is 0 Å². The van der Waals surface area contributed by atoms with E-state index >= 15 is 0 Å². The number of rotatable bonds is 3. The summed E-state index contributed by atoms with van der Waals surface area (Å²) in [6.45, 7) is 6.80. The first-order valence-electron chi connectivity index (χ1n) is 6.45. The van der Waals surface area contributed by atoms with Crippen LogP contribution in [0.5, 0.6) is 0 Å². The number of hydrogen-bond donors (Lipinski definition) is 1. The maximum absolute atomic E-state index is 13.4. The Balaban J connectivity index is 2.09. The largest absolute Gasteiger partial charge is 0.326 e. The molecule has 2 unspecified atom stereocenters. The van der Waals surface area contributed by atoms with E-state index in [0.717, 1.165) is 18.7 Å². The van der Waals surface area contributed by atoms with Gasteiger partial charge in [-0.15, -0.1) is 0 Å². The van der Waals surface area contributed by atoms with E-state index in [4.69, 9.17) is 5.73 Å². The number of nitrogens with zero attached hydrogens (tertiary/aromatic N) is 1. The number of nitrogens with two attached hydrogens (primary N) is 1. The van der Waals surface area contributed by atoms with Crippen LogP contribution in [0.3, 0.4) is 0 Å². The van der Waals surface area contributed by atoms with Gasteiger partial charge in [-0.3, -0.25) is 4.90 Å². The summed E-state index contributed by atoms with van der Waals surface area (Å²) in [5.41, 5.74) is 7.31. The normalized spacial score (nSPS) is 25.3. The van der Waals surface area contributed by atoms with Crippen molar-refractivity contribution in [1.82, 2.24) is 4.90 Å². The fourth-order valence-electron chi connectivity index (χ4n) is 2.34. The van der Waals surface area contributed by atoms with Crippen molar-refractivity contribution in [3.8, 4) is 0 Å². The van der Waals surface area contributed by atoms with E-state index in [2.05, 4.69) is 18.7 Å². The van der Waals surface area contributed by atoms with E-state index in [1.54, 1.807) is 0 Å². The molecule has 2 rings (SSSR count). The van der Waals surface area contributed by atoms with Crippen LogP contribution >= 0.6 is 11.8 Å². The lowest BCUT2D eigenvalue weighted by atomic mass is 10.1. The molecule has 1 fully saturated rings. The molecule has 1 saturated heterocycles. The van der Waals surface area contributed by atoms with Crippen LogP contribution < -0.4 is 5.73 Å². The number of thioether (sulfide) groups is 1. The molecule has 100 valence electrons. The van der Waals surface area contributed by atoms with Crippen LogP contribution in [0, 0.1) is 5.82 Å². The molecular formula is C14H21FN2S. The Morgan fingerprint density at radius 1 is 1.44 bits per heavy atom. The van der Waals surface area contributed by atoms with E-state index in [9.17, 15) is 4.39 Å². The monoisotopic (exact) mass is 268 g/mol. The highest BCUT2D eigenvalue weighted by Gasteiger charge is 2.25. The summed E-state index contributed by atoms with van der Waals surface area (Å²) in [5, 5.41) is 0.660. The van der Waals surface area contributed by atoms with Crippen molar-refractivity contribution < 1.29 is 4.39 Å². The first-order valence-corrected chi connectivity index (χ1v) is 7.49. The van der Waals surface area contributed by atoms with Gasteiger partial charge in [-0.2, -0.15) is 11.8 Å². The fraction of sp³-hybridized carbons (Fsp3) is 0.571. The third-order valence-electron chi connectivity index (χ3n) is 3.73. The van der Waals surface area contributed by atoms with Gasteiger partial charge in [-0.1, -0.05) is 19.1 Å². The Morgan fingerprint density at radius 2 is 2.22 bits per heavy atom. The summed E-state index contributed by atoms with van der Waals surface area (Å²) in [7, 11) is 0. The predicted molar refractivity (Wildman–Crippen MR) is 76.1 cm³/mol. The van der Waals surface area contributed by atoms with Crippen LogP contribution in [-0.4, -0.2) is 28.5 Å². The van der Waals surface area contributed by atoms with E-state index in [1.165, 1.54) is 11.8 Å². The van der Waals surface area contributed by atoms with Gasteiger partial charge in [-0.05, 0) is 18.6 Å². The molecule has 0 amide bonds. The van der Waals surface area contributed by atoms with Crippen LogP contribution in [0.4, 0.5) is 4.39 Å². The molecule has 0 aliphatic carbocycles. The van der Waals surface area contributed by atoms with Crippen LogP contribution in [-0.2, 0) is 13.1 Å². The number of halogens is 1. The number of hydrogen-bond acceptors (Lipinski definition) is 3. The van der Waals surface area contributed by atoms with E-state index < -0.39 is 0 Å². The van der Waals surface area contributed by atoms with Crippen molar-refractivity contribution in [2.75, 3.05) is 12.3 Å². The molecule has 0 bridgehead atoms. The molecule has 2 atom stereocenters. The van der Waals surface area contributed by atoms with Crippen molar-refractivity contribution in [2.24, 2.45) is 5.73 Å². The Morgan fingerprint density at radius 3 is 2.94 bits per heavy atom. The lowest BCUT2D eigenvalue weighted by Crippen LogP contribution is -2.43. The zero-order valence-corrected chi connectivity index (χ0v) is 11.8. The molecule has 1 heterocycles. The molecule has 2 N–H and O–H groups in total. The van der Waals surface area contributed by atoms with Gasteiger partial charge in [0.2, 0.25) is 0 Å². The molecule has 4 heteroatoms. The minimum atomic E-state index is -0.197.